The second-order valence-electron chi connectivity index (χ2n) is 6.22. The summed E-state index contributed by atoms with van der Waals surface area (Å²) in [7, 11) is -3.19. The van der Waals surface area contributed by atoms with Crippen LogP contribution in [-0.4, -0.2) is 43.4 Å². The molecule has 2 N–H and O–H groups in total. The number of amides is 2. The van der Waals surface area contributed by atoms with Crippen LogP contribution in [-0.2, 0) is 19.6 Å². The molecule has 0 spiro atoms. The standard InChI is InChI=1S/C17H25N3O4S/c1-4-25(23,24)20-10-8-14(9-11-20)17(22)19-16-7-5-6-15(12(16)2)18-13(3)21/h5-7,14H,4,8-11H2,1-3H3,(H,18,21)(H,19,22). The van der Waals surface area contributed by atoms with Gasteiger partial charge in [-0.15, -0.1) is 0 Å². The number of rotatable bonds is 5. The van der Waals surface area contributed by atoms with Crippen LogP contribution in [0.25, 0.3) is 0 Å². The van der Waals surface area contributed by atoms with Crippen LogP contribution in [0.5, 0.6) is 0 Å². The number of sulfonamides is 1. The van der Waals surface area contributed by atoms with Crippen molar-refractivity contribution in [1.29, 1.82) is 0 Å². The van der Waals surface area contributed by atoms with E-state index in [4.69, 9.17) is 0 Å². The van der Waals surface area contributed by atoms with E-state index < -0.39 is 10.0 Å². The maximum absolute atomic E-state index is 12.5. The minimum atomic E-state index is -3.19. The van der Waals surface area contributed by atoms with E-state index >= 15 is 0 Å². The molecule has 138 valence electrons. The first-order valence-electron chi connectivity index (χ1n) is 8.40. The lowest BCUT2D eigenvalue weighted by Gasteiger charge is -2.30. The van der Waals surface area contributed by atoms with Crippen LogP contribution < -0.4 is 10.6 Å². The molecule has 1 aliphatic rings. The molecule has 1 heterocycles. The Kier molecular flexibility index (Phi) is 6.18. The van der Waals surface area contributed by atoms with Gasteiger partial charge in [-0.2, -0.15) is 0 Å². The van der Waals surface area contributed by atoms with E-state index in [2.05, 4.69) is 10.6 Å². The summed E-state index contributed by atoms with van der Waals surface area (Å²) in [5.74, 6) is -0.418. The molecule has 0 radical (unpaired) electrons. The molecular formula is C17H25N3O4S. The van der Waals surface area contributed by atoms with Gasteiger partial charge in [-0.1, -0.05) is 6.07 Å². The van der Waals surface area contributed by atoms with Crippen molar-refractivity contribution in [2.24, 2.45) is 5.92 Å². The van der Waals surface area contributed by atoms with Crippen LogP contribution in [0.1, 0.15) is 32.3 Å². The van der Waals surface area contributed by atoms with Crippen LogP contribution in [0.2, 0.25) is 0 Å². The number of carbonyl (C=O) groups excluding carboxylic acids is 2. The van der Waals surface area contributed by atoms with E-state index in [9.17, 15) is 18.0 Å². The average molecular weight is 367 g/mol. The highest BCUT2D eigenvalue weighted by Crippen LogP contribution is 2.26. The zero-order valence-corrected chi connectivity index (χ0v) is 15.6. The van der Waals surface area contributed by atoms with Gasteiger partial charge in [-0.3, -0.25) is 9.59 Å². The summed E-state index contributed by atoms with van der Waals surface area (Å²) < 4.78 is 25.2. The largest absolute Gasteiger partial charge is 0.326 e. The third-order valence-corrected chi connectivity index (χ3v) is 6.37. The number of hydrogen-bond acceptors (Lipinski definition) is 4. The van der Waals surface area contributed by atoms with E-state index in [-0.39, 0.29) is 23.5 Å². The predicted molar refractivity (Wildman–Crippen MR) is 97.9 cm³/mol. The van der Waals surface area contributed by atoms with Gasteiger partial charge >= 0.3 is 0 Å². The highest BCUT2D eigenvalue weighted by atomic mass is 32.2. The Balaban J connectivity index is 2.01. The Bertz CT molecular complexity index is 753. The number of piperidine rings is 1. The molecule has 8 heteroatoms. The molecule has 0 aliphatic carbocycles. The molecule has 0 unspecified atom stereocenters. The monoisotopic (exact) mass is 367 g/mol. The van der Waals surface area contributed by atoms with E-state index in [1.165, 1.54) is 11.2 Å². The second-order valence-corrected chi connectivity index (χ2v) is 8.48. The lowest BCUT2D eigenvalue weighted by molar-refractivity contribution is -0.121. The zero-order valence-electron chi connectivity index (χ0n) is 14.8. The van der Waals surface area contributed by atoms with Gasteiger partial charge in [-0.05, 0) is 44.4 Å². The molecule has 1 fully saturated rings. The molecule has 1 aromatic rings. The number of anilines is 2. The Morgan fingerprint density at radius 2 is 1.72 bits per heavy atom. The quantitative estimate of drug-likeness (QED) is 0.831. The summed E-state index contributed by atoms with van der Waals surface area (Å²) in [5.41, 5.74) is 2.10. The molecule has 0 atom stereocenters. The first-order chi connectivity index (χ1) is 11.7. The van der Waals surface area contributed by atoms with Crippen molar-refractivity contribution in [3.05, 3.63) is 23.8 Å². The fourth-order valence-corrected chi connectivity index (χ4v) is 4.04. The maximum Gasteiger partial charge on any atom is 0.227 e. The summed E-state index contributed by atoms with van der Waals surface area (Å²) >= 11 is 0. The molecule has 0 bridgehead atoms. The van der Waals surface area contributed by atoms with E-state index in [1.807, 2.05) is 6.92 Å². The van der Waals surface area contributed by atoms with Crippen LogP contribution in [0.15, 0.2) is 18.2 Å². The van der Waals surface area contributed by atoms with Gasteiger partial charge in [0, 0.05) is 37.3 Å². The second kappa shape index (κ2) is 7.97. The topological polar surface area (TPSA) is 95.6 Å². The van der Waals surface area contributed by atoms with Crippen molar-refractivity contribution in [3.63, 3.8) is 0 Å². The van der Waals surface area contributed by atoms with Gasteiger partial charge in [0.25, 0.3) is 0 Å². The fraction of sp³-hybridized carbons (Fsp3) is 0.529. The number of nitrogens with zero attached hydrogens (tertiary/aromatic N) is 1. The summed E-state index contributed by atoms with van der Waals surface area (Å²) in [6.45, 7) is 5.64. The molecule has 0 saturated carbocycles. The van der Waals surface area contributed by atoms with Gasteiger partial charge in [0.15, 0.2) is 0 Å². The molecule has 7 nitrogen and oxygen atoms in total. The van der Waals surface area contributed by atoms with Crippen LogP contribution in [0, 0.1) is 12.8 Å². The van der Waals surface area contributed by atoms with E-state index in [0.29, 0.717) is 37.3 Å². The highest BCUT2D eigenvalue weighted by Gasteiger charge is 2.30. The summed E-state index contributed by atoms with van der Waals surface area (Å²) in [6.07, 6.45) is 1.02. The number of benzene rings is 1. The molecule has 25 heavy (non-hydrogen) atoms. The average Bonchev–Trinajstić information content (AvgIpc) is 2.58. The zero-order chi connectivity index (χ0) is 18.6. The normalized spacial score (nSPS) is 16.4. The summed E-state index contributed by atoms with van der Waals surface area (Å²) in [6, 6.07) is 5.33. The Hall–Kier alpha value is -1.93. The van der Waals surface area contributed by atoms with Gasteiger partial charge < -0.3 is 10.6 Å². The molecular weight excluding hydrogens is 342 g/mol. The van der Waals surface area contributed by atoms with Gasteiger partial charge in [0.1, 0.15) is 0 Å². The van der Waals surface area contributed by atoms with Crippen molar-refractivity contribution in [2.45, 2.75) is 33.6 Å². The number of carbonyl (C=O) groups is 2. The highest BCUT2D eigenvalue weighted by molar-refractivity contribution is 7.89. The Morgan fingerprint density at radius 3 is 2.24 bits per heavy atom. The predicted octanol–water partition coefficient (Wildman–Crippen LogP) is 1.95. The Labute approximate surface area is 148 Å². The SMILES string of the molecule is CCS(=O)(=O)N1CCC(C(=O)Nc2cccc(NC(C)=O)c2C)CC1. The van der Waals surface area contributed by atoms with Gasteiger partial charge in [0.05, 0.1) is 5.75 Å². The minimum Gasteiger partial charge on any atom is -0.326 e. The van der Waals surface area contributed by atoms with E-state index in [1.54, 1.807) is 25.1 Å². The fourth-order valence-electron chi connectivity index (χ4n) is 2.91. The molecule has 2 rings (SSSR count). The minimum absolute atomic E-state index is 0.0823. The number of hydrogen-bond donors (Lipinski definition) is 2. The van der Waals surface area contributed by atoms with Gasteiger partial charge in [-0.25, -0.2) is 12.7 Å². The van der Waals surface area contributed by atoms with Crippen molar-refractivity contribution in [1.82, 2.24) is 4.31 Å². The molecule has 2 amide bonds. The van der Waals surface area contributed by atoms with Crippen molar-refractivity contribution in [3.8, 4) is 0 Å². The Morgan fingerprint density at radius 1 is 1.16 bits per heavy atom. The van der Waals surface area contributed by atoms with Crippen molar-refractivity contribution in [2.75, 3.05) is 29.5 Å². The first-order valence-corrected chi connectivity index (χ1v) is 10.0. The van der Waals surface area contributed by atoms with Crippen molar-refractivity contribution < 1.29 is 18.0 Å². The molecule has 0 aromatic heterocycles. The lowest BCUT2D eigenvalue weighted by atomic mass is 9.97. The number of nitrogens with one attached hydrogen (secondary N) is 2. The molecule has 1 aliphatic heterocycles. The smallest absolute Gasteiger partial charge is 0.227 e. The van der Waals surface area contributed by atoms with Crippen LogP contribution >= 0.6 is 0 Å². The third-order valence-electron chi connectivity index (χ3n) is 4.49. The molecule has 1 saturated heterocycles. The lowest BCUT2D eigenvalue weighted by Crippen LogP contribution is -2.42. The van der Waals surface area contributed by atoms with Crippen LogP contribution in [0.4, 0.5) is 11.4 Å². The summed E-state index contributed by atoms with van der Waals surface area (Å²) in [5, 5.41) is 5.63. The van der Waals surface area contributed by atoms with Crippen molar-refractivity contribution >= 4 is 33.2 Å². The third kappa shape index (κ3) is 4.79. The van der Waals surface area contributed by atoms with E-state index in [0.717, 1.165) is 5.56 Å². The van der Waals surface area contributed by atoms with Crippen LogP contribution in [0.3, 0.4) is 0 Å². The summed E-state index contributed by atoms with van der Waals surface area (Å²) in [4.78, 5) is 23.7. The molecule has 1 aromatic carbocycles. The first kappa shape index (κ1) is 19.4. The van der Waals surface area contributed by atoms with Gasteiger partial charge in [0.2, 0.25) is 21.8 Å². The maximum atomic E-state index is 12.5.